The van der Waals surface area contributed by atoms with E-state index in [0.717, 1.165) is 35.8 Å². The quantitative estimate of drug-likeness (QED) is 0.346. The first-order chi connectivity index (χ1) is 12.2. The third kappa shape index (κ3) is 4.81. The van der Waals surface area contributed by atoms with E-state index in [1.807, 2.05) is 66.3 Å². The number of nitrogens with two attached hydrogens (primary N) is 1. The summed E-state index contributed by atoms with van der Waals surface area (Å²) in [6.45, 7) is 1.61. The van der Waals surface area contributed by atoms with Crippen LogP contribution in [0.15, 0.2) is 71.2 Å². The van der Waals surface area contributed by atoms with Crippen molar-refractivity contribution >= 4 is 28.7 Å². The number of imidazole rings is 1. The number of benzene rings is 2. The average Bonchev–Trinajstić information content (AvgIpc) is 3.04. The number of azo groups is 1. The van der Waals surface area contributed by atoms with Gasteiger partial charge in [0, 0.05) is 49.6 Å². The van der Waals surface area contributed by atoms with Gasteiger partial charge in [-0.05, 0) is 48.5 Å². The zero-order valence-electron chi connectivity index (χ0n) is 14.1. The van der Waals surface area contributed by atoms with Crippen molar-refractivity contribution in [1.82, 2.24) is 9.55 Å². The molecule has 7 nitrogen and oxygen atoms in total. The van der Waals surface area contributed by atoms with Crippen molar-refractivity contribution in [2.75, 3.05) is 29.5 Å². The molecular formula is C18H21N7. The van der Waals surface area contributed by atoms with Gasteiger partial charge in [-0.2, -0.15) is 0 Å². The minimum Gasteiger partial charge on any atom is -0.399 e. The van der Waals surface area contributed by atoms with Crippen molar-refractivity contribution in [2.45, 2.75) is 0 Å². The molecular weight excluding hydrogens is 314 g/mol. The summed E-state index contributed by atoms with van der Waals surface area (Å²) in [5.74, 6) is 0.580. The SMILES string of the molecule is Cn1ccnc1N=Nc1ccc(NCCNc2ccc(N)cc2)cc1. The molecule has 3 aromatic rings. The lowest BCUT2D eigenvalue weighted by atomic mass is 10.3. The Kier molecular flexibility index (Phi) is 5.26. The smallest absolute Gasteiger partial charge is 0.249 e. The molecule has 0 atom stereocenters. The predicted octanol–water partition coefficient (Wildman–Crippen LogP) is 3.94. The van der Waals surface area contributed by atoms with Gasteiger partial charge in [-0.1, -0.05) is 0 Å². The number of aryl methyl sites for hydroxylation is 1. The molecule has 0 saturated carbocycles. The fourth-order valence-electron chi connectivity index (χ4n) is 2.22. The van der Waals surface area contributed by atoms with Crippen LogP contribution >= 0.6 is 0 Å². The zero-order valence-corrected chi connectivity index (χ0v) is 14.1. The van der Waals surface area contributed by atoms with Gasteiger partial charge in [-0.25, -0.2) is 4.98 Å². The van der Waals surface area contributed by atoms with Crippen molar-refractivity contribution in [3.05, 3.63) is 60.9 Å². The summed E-state index contributed by atoms with van der Waals surface area (Å²) < 4.78 is 1.81. The number of nitrogens with one attached hydrogen (secondary N) is 2. The zero-order chi connectivity index (χ0) is 17.5. The fraction of sp³-hybridized carbons (Fsp3) is 0.167. The highest BCUT2D eigenvalue weighted by Gasteiger charge is 1.97. The highest BCUT2D eigenvalue weighted by atomic mass is 15.2. The summed E-state index contributed by atoms with van der Waals surface area (Å²) in [7, 11) is 1.88. The van der Waals surface area contributed by atoms with E-state index >= 15 is 0 Å². The highest BCUT2D eigenvalue weighted by molar-refractivity contribution is 5.52. The molecule has 128 valence electrons. The van der Waals surface area contributed by atoms with Crippen LogP contribution in [0.3, 0.4) is 0 Å². The van der Waals surface area contributed by atoms with Gasteiger partial charge in [0.05, 0.1) is 5.69 Å². The number of anilines is 3. The number of nitrogen functional groups attached to an aromatic ring is 1. The normalized spacial score (nSPS) is 10.9. The molecule has 0 spiro atoms. The second kappa shape index (κ2) is 7.96. The Morgan fingerprint density at radius 2 is 1.52 bits per heavy atom. The van der Waals surface area contributed by atoms with E-state index < -0.39 is 0 Å². The molecule has 4 N–H and O–H groups in total. The van der Waals surface area contributed by atoms with Gasteiger partial charge in [-0.15, -0.1) is 10.2 Å². The first-order valence-corrected chi connectivity index (χ1v) is 8.03. The summed E-state index contributed by atoms with van der Waals surface area (Å²) in [6.07, 6.45) is 3.53. The summed E-state index contributed by atoms with van der Waals surface area (Å²) in [6, 6.07) is 15.5. The lowest BCUT2D eigenvalue weighted by Gasteiger charge is -2.09. The predicted molar refractivity (Wildman–Crippen MR) is 102 cm³/mol. The van der Waals surface area contributed by atoms with Crippen molar-refractivity contribution < 1.29 is 0 Å². The number of aromatic nitrogens is 2. The third-order valence-electron chi connectivity index (χ3n) is 3.61. The fourth-order valence-corrected chi connectivity index (χ4v) is 2.22. The van der Waals surface area contributed by atoms with Crippen molar-refractivity contribution in [1.29, 1.82) is 0 Å². The van der Waals surface area contributed by atoms with Gasteiger partial charge in [0.15, 0.2) is 0 Å². The van der Waals surface area contributed by atoms with E-state index in [4.69, 9.17) is 5.73 Å². The third-order valence-corrected chi connectivity index (χ3v) is 3.61. The maximum absolute atomic E-state index is 5.67. The molecule has 0 aliphatic rings. The first kappa shape index (κ1) is 16.5. The number of hydrogen-bond acceptors (Lipinski definition) is 6. The van der Waals surface area contributed by atoms with Crippen LogP contribution in [0.5, 0.6) is 0 Å². The van der Waals surface area contributed by atoms with Gasteiger partial charge >= 0.3 is 0 Å². The van der Waals surface area contributed by atoms with Crippen LogP contribution in [0.2, 0.25) is 0 Å². The summed E-state index contributed by atoms with van der Waals surface area (Å²) in [4.78, 5) is 4.10. The van der Waals surface area contributed by atoms with Crippen LogP contribution in [-0.4, -0.2) is 22.6 Å². The first-order valence-electron chi connectivity index (χ1n) is 8.03. The van der Waals surface area contributed by atoms with Gasteiger partial charge in [-0.3, -0.25) is 0 Å². The van der Waals surface area contributed by atoms with E-state index in [2.05, 4.69) is 25.8 Å². The van der Waals surface area contributed by atoms with Crippen LogP contribution in [-0.2, 0) is 7.05 Å². The average molecular weight is 335 g/mol. The Balaban J connectivity index is 1.45. The maximum Gasteiger partial charge on any atom is 0.249 e. The largest absolute Gasteiger partial charge is 0.399 e. The minimum atomic E-state index is 0.580. The molecule has 0 bridgehead atoms. The molecule has 1 aromatic heterocycles. The van der Waals surface area contributed by atoms with Gasteiger partial charge in [0.25, 0.3) is 0 Å². The van der Waals surface area contributed by atoms with Crippen LogP contribution in [0.25, 0.3) is 0 Å². The number of hydrogen-bond donors (Lipinski definition) is 3. The monoisotopic (exact) mass is 335 g/mol. The van der Waals surface area contributed by atoms with E-state index in [1.165, 1.54) is 0 Å². The van der Waals surface area contributed by atoms with E-state index in [1.54, 1.807) is 6.20 Å². The molecule has 0 unspecified atom stereocenters. The van der Waals surface area contributed by atoms with Crippen LogP contribution < -0.4 is 16.4 Å². The molecule has 3 rings (SSSR count). The molecule has 1 heterocycles. The molecule has 0 saturated heterocycles. The highest BCUT2D eigenvalue weighted by Crippen LogP contribution is 2.19. The van der Waals surface area contributed by atoms with Crippen LogP contribution in [0.1, 0.15) is 0 Å². The molecule has 25 heavy (non-hydrogen) atoms. The molecule has 7 heteroatoms. The number of nitrogens with zero attached hydrogens (tertiary/aromatic N) is 4. The second-order valence-corrected chi connectivity index (χ2v) is 5.56. The minimum absolute atomic E-state index is 0.580. The molecule has 0 aliphatic carbocycles. The standard InChI is InChI=1S/C18H21N7/c1-25-13-12-22-18(25)24-23-17-8-6-16(7-9-17)21-11-10-20-15-4-2-14(19)3-5-15/h2-9,12-13,20-21H,10-11,19H2,1H3. The van der Waals surface area contributed by atoms with Crippen LogP contribution in [0, 0.1) is 0 Å². The van der Waals surface area contributed by atoms with Crippen molar-refractivity contribution in [3.8, 4) is 0 Å². The Bertz CT molecular complexity index is 819. The summed E-state index contributed by atoms with van der Waals surface area (Å²) in [5.41, 5.74) is 9.31. The van der Waals surface area contributed by atoms with E-state index in [0.29, 0.717) is 5.95 Å². The Hall–Kier alpha value is -3.35. The summed E-state index contributed by atoms with van der Waals surface area (Å²) >= 11 is 0. The van der Waals surface area contributed by atoms with Gasteiger partial charge < -0.3 is 20.9 Å². The molecule has 0 radical (unpaired) electrons. The van der Waals surface area contributed by atoms with E-state index in [-0.39, 0.29) is 0 Å². The Morgan fingerprint density at radius 3 is 2.08 bits per heavy atom. The molecule has 0 aliphatic heterocycles. The second-order valence-electron chi connectivity index (χ2n) is 5.56. The lowest BCUT2D eigenvalue weighted by Crippen LogP contribution is -2.13. The summed E-state index contributed by atoms with van der Waals surface area (Å²) in [5, 5.41) is 15.0. The molecule has 0 fully saturated rings. The topological polar surface area (TPSA) is 92.6 Å². The van der Waals surface area contributed by atoms with Crippen molar-refractivity contribution in [2.24, 2.45) is 17.3 Å². The maximum atomic E-state index is 5.67. The van der Waals surface area contributed by atoms with Gasteiger partial charge in [0.1, 0.15) is 0 Å². The van der Waals surface area contributed by atoms with Crippen molar-refractivity contribution in [3.63, 3.8) is 0 Å². The lowest BCUT2D eigenvalue weighted by molar-refractivity contribution is 0.893. The Morgan fingerprint density at radius 1 is 0.920 bits per heavy atom. The number of rotatable bonds is 7. The Labute approximate surface area is 146 Å². The van der Waals surface area contributed by atoms with Crippen LogP contribution in [0.4, 0.5) is 28.7 Å². The molecule has 0 amide bonds. The van der Waals surface area contributed by atoms with E-state index in [9.17, 15) is 0 Å². The molecule has 2 aromatic carbocycles. The van der Waals surface area contributed by atoms with Gasteiger partial charge in [0.2, 0.25) is 5.95 Å².